The highest BCUT2D eigenvalue weighted by molar-refractivity contribution is 5.61. The number of hydrogen-bond donors (Lipinski definition) is 2. The lowest BCUT2D eigenvalue weighted by molar-refractivity contribution is -0.384. The average molecular weight is 406 g/mol. The first-order valence-electron chi connectivity index (χ1n) is 9.56. The van der Waals surface area contributed by atoms with Gasteiger partial charge in [-0.3, -0.25) is 10.1 Å². The molecule has 156 valence electrons. The molecule has 6 nitrogen and oxygen atoms in total. The Labute approximate surface area is 167 Å². The van der Waals surface area contributed by atoms with Crippen LogP contribution in [0.25, 0.3) is 0 Å². The van der Waals surface area contributed by atoms with Gasteiger partial charge in [0.15, 0.2) is 0 Å². The molecule has 0 aliphatic heterocycles. The summed E-state index contributed by atoms with van der Waals surface area (Å²) in [7, 11) is 0. The molecule has 0 saturated heterocycles. The third kappa shape index (κ3) is 5.00. The van der Waals surface area contributed by atoms with Gasteiger partial charge >= 0.3 is 6.61 Å². The van der Waals surface area contributed by atoms with E-state index in [-0.39, 0.29) is 24.6 Å². The normalized spacial score (nSPS) is 20.5. The molecular formula is C21H24F2N2O4. The van der Waals surface area contributed by atoms with Gasteiger partial charge in [-0.25, -0.2) is 0 Å². The molecule has 0 bridgehead atoms. The molecule has 0 heterocycles. The Balaban J connectivity index is 1.84. The Bertz CT molecular complexity index is 862. The second kappa shape index (κ2) is 9.17. The first kappa shape index (κ1) is 21.0. The first-order valence-corrected chi connectivity index (χ1v) is 9.56. The van der Waals surface area contributed by atoms with Crippen LogP contribution in [-0.2, 0) is 13.0 Å². The number of hydrogen-bond acceptors (Lipinski definition) is 5. The molecule has 1 saturated carbocycles. The third-order valence-electron chi connectivity index (χ3n) is 5.68. The average Bonchev–Trinajstić information content (AvgIpc) is 3.28. The summed E-state index contributed by atoms with van der Waals surface area (Å²) in [6.45, 7) is -0.589. The third-order valence-corrected chi connectivity index (χ3v) is 5.68. The standard InChI is InChI=1S/C21H24F2N2O4/c1-13-15(9-10-26)16(13)11-14-5-4-8-20(29-21(22)23)17(14)12-24-18-6-2-3-7-19(18)25(27)28/h2-8,13,15-16,21,24,26H,9-12H2,1H3/t13-,15-,16+/m1/s1. The van der Waals surface area contributed by atoms with Crippen LogP contribution in [0.15, 0.2) is 42.5 Å². The zero-order valence-electron chi connectivity index (χ0n) is 16.1. The van der Waals surface area contributed by atoms with Crippen molar-refractivity contribution in [2.24, 2.45) is 17.8 Å². The van der Waals surface area contributed by atoms with Gasteiger partial charge in [-0.2, -0.15) is 8.78 Å². The van der Waals surface area contributed by atoms with Gasteiger partial charge < -0.3 is 15.2 Å². The van der Waals surface area contributed by atoms with Crippen molar-refractivity contribution in [1.29, 1.82) is 0 Å². The van der Waals surface area contributed by atoms with Crippen LogP contribution in [0.3, 0.4) is 0 Å². The van der Waals surface area contributed by atoms with E-state index < -0.39 is 11.5 Å². The summed E-state index contributed by atoms with van der Waals surface area (Å²) in [6, 6.07) is 11.2. The molecule has 1 aliphatic rings. The minimum absolute atomic E-state index is 0.0654. The molecular weight excluding hydrogens is 382 g/mol. The number of aliphatic hydroxyl groups is 1. The SMILES string of the molecule is C[C@@H]1[C@@H](CCO)[C@H]1Cc1cccc(OC(F)F)c1CNc1ccccc1[N+](=O)[O-]. The van der Waals surface area contributed by atoms with Crippen molar-refractivity contribution in [1.82, 2.24) is 0 Å². The van der Waals surface area contributed by atoms with Crippen LogP contribution in [0.5, 0.6) is 5.75 Å². The van der Waals surface area contributed by atoms with Crippen molar-refractivity contribution in [2.45, 2.75) is 32.9 Å². The fourth-order valence-corrected chi connectivity index (χ4v) is 4.03. The lowest BCUT2D eigenvalue weighted by Crippen LogP contribution is -2.11. The highest BCUT2D eigenvalue weighted by Gasteiger charge is 2.45. The zero-order valence-corrected chi connectivity index (χ0v) is 16.1. The van der Waals surface area contributed by atoms with Gasteiger partial charge in [-0.05, 0) is 48.3 Å². The second-order valence-corrected chi connectivity index (χ2v) is 7.30. The summed E-state index contributed by atoms with van der Waals surface area (Å²) in [5.74, 6) is 1.30. The van der Waals surface area contributed by atoms with Gasteiger partial charge in [0.1, 0.15) is 11.4 Å². The van der Waals surface area contributed by atoms with E-state index in [9.17, 15) is 24.0 Å². The number of rotatable bonds is 10. The van der Waals surface area contributed by atoms with Crippen molar-refractivity contribution in [3.8, 4) is 5.75 Å². The summed E-state index contributed by atoms with van der Waals surface area (Å²) in [5.41, 5.74) is 1.66. The zero-order chi connectivity index (χ0) is 21.0. The van der Waals surface area contributed by atoms with Gasteiger partial charge in [0.05, 0.1) is 4.92 Å². The minimum Gasteiger partial charge on any atom is -0.434 e. The number of nitrogens with one attached hydrogen (secondary N) is 1. The van der Waals surface area contributed by atoms with E-state index in [0.29, 0.717) is 35.4 Å². The van der Waals surface area contributed by atoms with Crippen LogP contribution in [0.4, 0.5) is 20.2 Å². The number of halogens is 2. The predicted octanol–water partition coefficient (Wildman–Crippen LogP) is 4.62. The van der Waals surface area contributed by atoms with Gasteiger partial charge in [-0.1, -0.05) is 31.2 Å². The van der Waals surface area contributed by atoms with E-state index in [0.717, 1.165) is 12.0 Å². The van der Waals surface area contributed by atoms with Gasteiger partial charge in [0, 0.05) is 24.8 Å². The van der Waals surface area contributed by atoms with Crippen LogP contribution in [-0.4, -0.2) is 23.2 Å². The van der Waals surface area contributed by atoms with E-state index in [1.165, 1.54) is 12.1 Å². The van der Waals surface area contributed by atoms with E-state index in [1.807, 2.05) is 6.07 Å². The molecule has 2 aromatic carbocycles. The Kier molecular flexibility index (Phi) is 6.64. The number of ether oxygens (including phenoxy) is 1. The highest BCUT2D eigenvalue weighted by Crippen LogP contribution is 2.50. The summed E-state index contributed by atoms with van der Waals surface area (Å²) in [6.07, 6.45) is 1.41. The smallest absolute Gasteiger partial charge is 0.387 e. The number of aliphatic hydroxyl groups excluding tert-OH is 1. The van der Waals surface area contributed by atoms with Crippen LogP contribution in [0.1, 0.15) is 24.5 Å². The lowest BCUT2D eigenvalue weighted by atomic mass is 9.99. The van der Waals surface area contributed by atoms with Crippen LogP contribution >= 0.6 is 0 Å². The number of para-hydroxylation sites is 2. The molecule has 29 heavy (non-hydrogen) atoms. The molecule has 0 radical (unpaired) electrons. The van der Waals surface area contributed by atoms with Crippen molar-refractivity contribution < 1.29 is 23.5 Å². The van der Waals surface area contributed by atoms with E-state index in [4.69, 9.17) is 4.74 Å². The van der Waals surface area contributed by atoms with Crippen molar-refractivity contribution in [3.05, 3.63) is 63.7 Å². The highest BCUT2D eigenvalue weighted by atomic mass is 19.3. The first-order chi connectivity index (χ1) is 13.9. The van der Waals surface area contributed by atoms with Crippen LogP contribution < -0.4 is 10.1 Å². The Hall–Kier alpha value is -2.74. The Morgan fingerprint density at radius 1 is 1.21 bits per heavy atom. The summed E-state index contributed by atoms with van der Waals surface area (Å²) >= 11 is 0. The Morgan fingerprint density at radius 3 is 2.66 bits per heavy atom. The number of benzene rings is 2. The number of nitrogens with zero attached hydrogens (tertiary/aromatic N) is 1. The van der Waals surface area contributed by atoms with Crippen molar-refractivity contribution in [3.63, 3.8) is 0 Å². The Morgan fingerprint density at radius 2 is 1.97 bits per heavy atom. The maximum absolute atomic E-state index is 12.9. The molecule has 2 aromatic rings. The molecule has 0 spiro atoms. The number of nitro groups is 1. The van der Waals surface area contributed by atoms with E-state index in [1.54, 1.807) is 24.3 Å². The molecule has 1 fully saturated rings. The topological polar surface area (TPSA) is 84.6 Å². The molecule has 0 unspecified atom stereocenters. The fraction of sp³-hybridized carbons (Fsp3) is 0.429. The maximum Gasteiger partial charge on any atom is 0.387 e. The minimum atomic E-state index is -2.96. The summed E-state index contributed by atoms with van der Waals surface area (Å²) in [5, 5.41) is 23.4. The summed E-state index contributed by atoms with van der Waals surface area (Å²) in [4.78, 5) is 10.7. The maximum atomic E-state index is 12.9. The monoisotopic (exact) mass is 406 g/mol. The molecule has 0 aromatic heterocycles. The van der Waals surface area contributed by atoms with E-state index in [2.05, 4.69) is 12.2 Å². The molecule has 1 aliphatic carbocycles. The molecule has 0 amide bonds. The predicted molar refractivity (Wildman–Crippen MR) is 105 cm³/mol. The summed E-state index contributed by atoms with van der Waals surface area (Å²) < 4.78 is 30.5. The number of anilines is 1. The van der Waals surface area contributed by atoms with Crippen molar-refractivity contribution in [2.75, 3.05) is 11.9 Å². The largest absolute Gasteiger partial charge is 0.434 e. The van der Waals surface area contributed by atoms with Crippen LogP contribution in [0, 0.1) is 27.9 Å². The van der Waals surface area contributed by atoms with Crippen LogP contribution in [0.2, 0.25) is 0 Å². The molecule has 3 rings (SSSR count). The van der Waals surface area contributed by atoms with Gasteiger partial charge in [0.2, 0.25) is 0 Å². The molecule has 3 atom stereocenters. The molecule has 8 heteroatoms. The number of alkyl halides is 2. The lowest BCUT2D eigenvalue weighted by Gasteiger charge is -2.17. The molecule has 2 N–H and O–H groups in total. The van der Waals surface area contributed by atoms with E-state index >= 15 is 0 Å². The van der Waals surface area contributed by atoms with Crippen molar-refractivity contribution >= 4 is 11.4 Å². The number of nitro benzene ring substituents is 1. The quantitative estimate of drug-likeness (QED) is 0.444. The van der Waals surface area contributed by atoms with Gasteiger partial charge in [0.25, 0.3) is 5.69 Å². The van der Waals surface area contributed by atoms with Gasteiger partial charge in [-0.15, -0.1) is 0 Å². The second-order valence-electron chi connectivity index (χ2n) is 7.30. The fourth-order valence-electron chi connectivity index (χ4n) is 4.03.